The van der Waals surface area contributed by atoms with Gasteiger partial charge in [-0.25, -0.2) is 8.42 Å². The number of hydrogen-bond donors (Lipinski definition) is 2. The van der Waals surface area contributed by atoms with Gasteiger partial charge in [0, 0.05) is 22.6 Å². The van der Waals surface area contributed by atoms with Crippen LogP contribution in [0.1, 0.15) is 0 Å². The summed E-state index contributed by atoms with van der Waals surface area (Å²) in [7, 11) is -3.90. The van der Waals surface area contributed by atoms with Gasteiger partial charge in [0.2, 0.25) is 9.84 Å². The van der Waals surface area contributed by atoms with E-state index < -0.39 is 9.84 Å². The van der Waals surface area contributed by atoms with Gasteiger partial charge in [-0.2, -0.15) is 25.3 Å². The highest BCUT2D eigenvalue weighted by molar-refractivity contribution is 7.91. The predicted octanol–water partition coefficient (Wildman–Crippen LogP) is 8.78. The third kappa shape index (κ3) is 6.11. The summed E-state index contributed by atoms with van der Waals surface area (Å²) >= 11 is 8.58. The lowest BCUT2D eigenvalue weighted by Crippen LogP contribution is -2.06. The van der Waals surface area contributed by atoms with Crippen LogP contribution < -0.4 is 9.47 Å². The van der Waals surface area contributed by atoms with Crippen LogP contribution in [0.25, 0.3) is 43.8 Å². The van der Waals surface area contributed by atoms with Crippen LogP contribution in [0, 0.1) is 0 Å². The van der Waals surface area contributed by atoms with E-state index in [1.165, 1.54) is 0 Å². The zero-order chi connectivity index (χ0) is 29.8. The minimum absolute atomic E-state index is 0.183. The molecule has 6 rings (SSSR count). The molecule has 216 valence electrons. The Hall–Kier alpha value is -3.91. The highest BCUT2D eigenvalue weighted by Gasteiger charge is 2.23. The largest absolute Gasteiger partial charge is 0.492 e. The number of sulfone groups is 1. The molecule has 6 aromatic rings. The van der Waals surface area contributed by atoms with Crippen molar-refractivity contribution in [1.82, 2.24) is 0 Å². The predicted molar refractivity (Wildman–Crippen MR) is 183 cm³/mol. The van der Waals surface area contributed by atoms with Crippen molar-refractivity contribution in [1.29, 1.82) is 0 Å². The number of hydrogen-bond acceptors (Lipinski definition) is 6. The molecule has 0 unspecified atom stereocenters. The first-order valence-corrected chi connectivity index (χ1v) is 16.7. The van der Waals surface area contributed by atoms with Crippen molar-refractivity contribution < 1.29 is 17.9 Å². The molecule has 0 saturated heterocycles. The molecule has 4 nitrogen and oxygen atoms in total. The monoisotopic (exact) mass is 622 g/mol. The highest BCUT2D eigenvalue weighted by Crippen LogP contribution is 2.38. The Bertz CT molecular complexity index is 1900. The van der Waals surface area contributed by atoms with Crippen molar-refractivity contribution in [3.63, 3.8) is 0 Å². The molecule has 0 spiro atoms. The summed E-state index contributed by atoms with van der Waals surface area (Å²) in [6.07, 6.45) is 0. The van der Waals surface area contributed by atoms with Crippen molar-refractivity contribution in [3.8, 4) is 33.8 Å². The lowest BCUT2D eigenvalue weighted by Gasteiger charge is -2.16. The summed E-state index contributed by atoms with van der Waals surface area (Å²) in [6.45, 7) is 0.803. The number of ether oxygens (including phenoxy) is 2. The standard InChI is InChI=1S/C36H30O4S3/c37-43(38,31-13-15-35(39-17-19-41)33(23-31)29-11-9-25-5-1-3-7-27(25)21-29)32-14-16-36(40-18-20-42)34(24-32)30-12-10-26-6-2-4-8-28(26)22-30/h1-16,21-24,41-42H,17-20H2. The average molecular weight is 623 g/mol. The van der Waals surface area contributed by atoms with Crippen LogP contribution in [0.3, 0.4) is 0 Å². The van der Waals surface area contributed by atoms with E-state index in [1.54, 1.807) is 36.4 Å². The smallest absolute Gasteiger partial charge is 0.206 e. The molecule has 6 aromatic carbocycles. The highest BCUT2D eigenvalue weighted by atomic mass is 32.2. The maximum atomic E-state index is 14.2. The molecule has 43 heavy (non-hydrogen) atoms. The summed E-state index contributed by atoms with van der Waals surface area (Å²) in [5.74, 6) is 2.29. The molecule has 0 heterocycles. The van der Waals surface area contributed by atoms with Crippen LogP contribution in [0.4, 0.5) is 0 Å². The van der Waals surface area contributed by atoms with Gasteiger partial charge in [0.1, 0.15) is 11.5 Å². The number of benzene rings is 6. The van der Waals surface area contributed by atoms with E-state index in [2.05, 4.69) is 49.5 Å². The lowest BCUT2D eigenvalue weighted by molar-refractivity contribution is 0.345. The van der Waals surface area contributed by atoms with Gasteiger partial charge in [-0.15, -0.1) is 0 Å². The molecule has 0 aliphatic heterocycles. The molecule has 0 fully saturated rings. The van der Waals surface area contributed by atoms with E-state index in [0.29, 0.717) is 47.3 Å². The molecule has 7 heteroatoms. The Morgan fingerprint density at radius 1 is 0.488 bits per heavy atom. The molecule has 0 aliphatic rings. The second-order valence-corrected chi connectivity index (χ2v) is 12.9. The second kappa shape index (κ2) is 12.8. The van der Waals surface area contributed by atoms with Crippen molar-refractivity contribution in [3.05, 3.63) is 121 Å². The van der Waals surface area contributed by atoms with Crippen molar-refractivity contribution >= 4 is 56.6 Å². The molecular formula is C36H30O4S3. The number of fused-ring (bicyclic) bond motifs is 2. The normalized spacial score (nSPS) is 11.6. The third-order valence-electron chi connectivity index (χ3n) is 7.34. The first kappa shape index (κ1) is 29.2. The summed E-state index contributed by atoms with van der Waals surface area (Å²) in [5.41, 5.74) is 3.16. The quantitative estimate of drug-likeness (QED) is 0.150. The molecular weight excluding hydrogens is 593 g/mol. The van der Waals surface area contributed by atoms with Gasteiger partial charge in [-0.05, 0) is 81.2 Å². The van der Waals surface area contributed by atoms with Crippen LogP contribution in [0.5, 0.6) is 11.5 Å². The van der Waals surface area contributed by atoms with Crippen LogP contribution in [-0.2, 0) is 9.84 Å². The fourth-order valence-corrected chi connectivity index (χ4v) is 6.71. The Labute approximate surface area is 263 Å². The molecule has 0 radical (unpaired) electrons. The SMILES string of the molecule is O=S(=O)(c1ccc(OCCS)c(-c2ccc3ccccc3c2)c1)c1ccc(OCCS)c(-c2ccc3ccccc3c2)c1. The average Bonchev–Trinajstić information content (AvgIpc) is 3.05. The van der Waals surface area contributed by atoms with Crippen LogP contribution in [-0.4, -0.2) is 33.1 Å². The van der Waals surface area contributed by atoms with Gasteiger partial charge in [0.15, 0.2) is 0 Å². The van der Waals surface area contributed by atoms with Crippen LogP contribution in [0.2, 0.25) is 0 Å². The van der Waals surface area contributed by atoms with E-state index in [1.807, 2.05) is 60.7 Å². The molecule has 0 aromatic heterocycles. The molecule has 0 N–H and O–H groups in total. The van der Waals surface area contributed by atoms with Gasteiger partial charge in [-0.3, -0.25) is 0 Å². The van der Waals surface area contributed by atoms with Crippen LogP contribution in [0.15, 0.2) is 131 Å². The zero-order valence-corrected chi connectivity index (χ0v) is 25.9. The van der Waals surface area contributed by atoms with Gasteiger partial charge in [-0.1, -0.05) is 72.8 Å². The first-order valence-electron chi connectivity index (χ1n) is 14.0. The van der Waals surface area contributed by atoms with E-state index in [4.69, 9.17) is 9.47 Å². The zero-order valence-electron chi connectivity index (χ0n) is 23.3. The minimum Gasteiger partial charge on any atom is -0.492 e. The minimum atomic E-state index is -3.90. The topological polar surface area (TPSA) is 52.6 Å². The Kier molecular flexibility index (Phi) is 8.66. The Morgan fingerprint density at radius 2 is 0.907 bits per heavy atom. The van der Waals surface area contributed by atoms with E-state index in [9.17, 15) is 8.42 Å². The van der Waals surface area contributed by atoms with Gasteiger partial charge in [0.05, 0.1) is 23.0 Å². The lowest BCUT2D eigenvalue weighted by atomic mass is 10.0. The second-order valence-electron chi connectivity index (χ2n) is 10.1. The Balaban J connectivity index is 1.46. The fraction of sp³-hybridized carbons (Fsp3) is 0.111. The first-order chi connectivity index (χ1) is 21.0. The summed E-state index contributed by atoms with van der Waals surface area (Å²) in [6, 6.07) is 38.4. The third-order valence-corrected chi connectivity index (χ3v) is 9.46. The molecule has 0 saturated carbocycles. The van der Waals surface area contributed by atoms with Crippen LogP contribution >= 0.6 is 25.3 Å². The van der Waals surface area contributed by atoms with E-state index >= 15 is 0 Å². The summed E-state index contributed by atoms with van der Waals surface area (Å²) < 4.78 is 40.3. The summed E-state index contributed by atoms with van der Waals surface area (Å²) in [5, 5.41) is 4.33. The number of thiol groups is 2. The fourth-order valence-electron chi connectivity index (χ4n) is 5.22. The van der Waals surface area contributed by atoms with Crippen molar-refractivity contribution in [2.75, 3.05) is 24.7 Å². The summed E-state index contributed by atoms with van der Waals surface area (Å²) in [4.78, 5) is 0.366. The van der Waals surface area contributed by atoms with Gasteiger partial charge in [0.25, 0.3) is 0 Å². The van der Waals surface area contributed by atoms with Gasteiger partial charge >= 0.3 is 0 Å². The molecule has 0 aliphatic carbocycles. The molecule has 0 atom stereocenters. The number of rotatable bonds is 10. The van der Waals surface area contributed by atoms with Crippen molar-refractivity contribution in [2.45, 2.75) is 9.79 Å². The maximum Gasteiger partial charge on any atom is 0.206 e. The van der Waals surface area contributed by atoms with Crippen molar-refractivity contribution in [2.24, 2.45) is 0 Å². The molecule has 0 amide bonds. The Morgan fingerprint density at radius 3 is 1.33 bits per heavy atom. The molecule has 0 bridgehead atoms. The maximum absolute atomic E-state index is 14.2. The van der Waals surface area contributed by atoms with Gasteiger partial charge < -0.3 is 9.47 Å². The van der Waals surface area contributed by atoms with E-state index in [0.717, 1.165) is 32.7 Å². The van der Waals surface area contributed by atoms with E-state index in [-0.39, 0.29) is 9.79 Å².